The van der Waals surface area contributed by atoms with Crippen LogP contribution in [0.5, 0.6) is 0 Å². The summed E-state index contributed by atoms with van der Waals surface area (Å²) >= 11 is -0.943. The van der Waals surface area contributed by atoms with Gasteiger partial charge in [0.1, 0.15) is 12.0 Å². The van der Waals surface area contributed by atoms with Crippen LogP contribution < -0.4 is 0 Å². The van der Waals surface area contributed by atoms with Gasteiger partial charge in [0.15, 0.2) is 0 Å². The van der Waals surface area contributed by atoms with E-state index < -0.39 is 23.3 Å². The average Bonchev–Trinajstić information content (AvgIpc) is 1.84. The van der Waals surface area contributed by atoms with E-state index in [9.17, 15) is 18.1 Å². The lowest BCUT2D eigenvalue weighted by atomic mass is 10.7. The van der Waals surface area contributed by atoms with E-state index in [0.717, 1.165) is 0 Å². The Morgan fingerprint density at radius 1 is 1.60 bits per heavy atom. The lowest BCUT2D eigenvalue weighted by Crippen LogP contribution is -2.23. The van der Waals surface area contributed by atoms with Crippen molar-refractivity contribution in [3.63, 3.8) is 0 Å². The highest BCUT2D eigenvalue weighted by Crippen LogP contribution is 2.29. The minimum absolute atomic E-state index is 0.943. The number of rotatable bonds is 4. The molecule has 10 heavy (non-hydrogen) atoms. The third-order valence-corrected chi connectivity index (χ3v) is 0.917. The van der Waals surface area contributed by atoms with Crippen molar-refractivity contribution in [2.45, 2.75) is 5.25 Å². The van der Waals surface area contributed by atoms with Crippen molar-refractivity contribution in [2.75, 3.05) is 0 Å². The Bertz CT molecular complexity index is 128. The minimum Gasteiger partial charge on any atom is -0.476 e. The van der Waals surface area contributed by atoms with E-state index in [1.165, 1.54) is 0 Å². The zero-order valence-corrected chi connectivity index (χ0v) is 5.03. The molecule has 0 spiro atoms. The number of aliphatic carboxylic acids is 1. The highest BCUT2D eigenvalue weighted by atomic mass is 32.2. The maximum Gasteiger partial charge on any atom is 0.415 e. The molecule has 0 aliphatic heterocycles. The Morgan fingerprint density at radius 3 is 2.40 bits per heavy atom. The maximum atomic E-state index is 11.7. The summed E-state index contributed by atoms with van der Waals surface area (Å²) in [5.41, 5.74) is 0. The molecule has 1 N–H and O–H groups in total. The molecule has 0 fully saturated rings. The van der Waals surface area contributed by atoms with E-state index >= 15 is 0 Å². The molecular formula is C2HF3O4S. The molecule has 0 heterocycles. The molecule has 0 bridgehead atoms. The standard InChI is InChI=1S/C2HF3O4S/c3-2(4,1(6)7)10-9-8-5/h(H,6,7). The highest BCUT2D eigenvalue weighted by Gasteiger charge is 2.42. The molecule has 0 aliphatic rings. The van der Waals surface area contributed by atoms with E-state index in [2.05, 4.69) is 9.43 Å². The van der Waals surface area contributed by atoms with Crippen molar-refractivity contribution >= 4 is 18.0 Å². The molecule has 0 saturated carbocycles. The molecule has 0 unspecified atom stereocenters. The van der Waals surface area contributed by atoms with Gasteiger partial charge in [-0.25, -0.2) is 4.79 Å². The van der Waals surface area contributed by atoms with Crippen LogP contribution in [0.4, 0.5) is 13.3 Å². The van der Waals surface area contributed by atoms with Crippen molar-refractivity contribution in [2.24, 2.45) is 0 Å². The molecule has 0 aromatic rings. The van der Waals surface area contributed by atoms with Crippen molar-refractivity contribution in [1.82, 2.24) is 0 Å². The molecule has 0 aromatic carbocycles. The molecule has 0 saturated heterocycles. The van der Waals surface area contributed by atoms with Crippen molar-refractivity contribution in [1.29, 1.82) is 0 Å². The SMILES string of the molecule is O=C(O)C(F)(F)SOOF. The Hall–Kier alpha value is -0.470. The first-order chi connectivity index (χ1) is 4.50. The van der Waals surface area contributed by atoms with Gasteiger partial charge in [-0.1, -0.05) is 0 Å². The third-order valence-electron chi connectivity index (χ3n) is 0.413. The van der Waals surface area contributed by atoms with Gasteiger partial charge in [-0.2, -0.15) is 8.78 Å². The van der Waals surface area contributed by atoms with Gasteiger partial charge in [-0.05, 0) is 9.62 Å². The quantitative estimate of drug-likeness (QED) is 0.397. The Morgan fingerprint density at radius 2 is 2.10 bits per heavy atom. The predicted molar refractivity (Wildman–Crippen MR) is 23.5 cm³/mol. The normalized spacial score (nSPS) is 11.5. The topological polar surface area (TPSA) is 55.8 Å². The van der Waals surface area contributed by atoms with Gasteiger partial charge >= 0.3 is 11.2 Å². The maximum absolute atomic E-state index is 11.7. The molecule has 60 valence electrons. The zero-order valence-electron chi connectivity index (χ0n) is 4.21. The zero-order chi connectivity index (χ0) is 8.20. The number of carbonyl (C=O) groups is 1. The summed E-state index contributed by atoms with van der Waals surface area (Å²) in [4.78, 5) is 9.50. The molecule has 0 aromatic heterocycles. The fraction of sp³-hybridized carbons (Fsp3) is 0.500. The summed E-state index contributed by atoms with van der Waals surface area (Å²) in [5, 5.41) is 5.68. The van der Waals surface area contributed by atoms with Crippen LogP contribution in [0.3, 0.4) is 0 Å². The second-order valence-electron chi connectivity index (χ2n) is 1.04. The van der Waals surface area contributed by atoms with Gasteiger partial charge in [-0.3, -0.25) is 0 Å². The molecular weight excluding hydrogens is 177 g/mol. The number of halogens is 3. The second-order valence-corrected chi connectivity index (χ2v) is 1.85. The first-order valence-electron chi connectivity index (χ1n) is 1.75. The fourth-order valence-corrected chi connectivity index (χ4v) is 0.274. The summed E-state index contributed by atoms with van der Waals surface area (Å²) in [5.74, 6) is -2.44. The molecule has 0 amide bonds. The van der Waals surface area contributed by atoms with Crippen molar-refractivity contribution in [3.8, 4) is 0 Å². The average molecular weight is 178 g/mol. The van der Waals surface area contributed by atoms with Crippen LogP contribution in [-0.4, -0.2) is 16.3 Å². The first kappa shape index (κ1) is 9.53. The molecule has 4 nitrogen and oxygen atoms in total. The van der Waals surface area contributed by atoms with Gasteiger partial charge in [0, 0.05) is 0 Å². The first-order valence-corrected chi connectivity index (χ1v) is 2.49. The van der Waals surface area contributed by atoms with Gasteiger partial charge in [-0.15, -0.1) is 4.33 Å². The van der Waals surface area contributed by atoms with Crippen LogP contribution in [0, 0.1) is 0 Å². The van der Waals surface area contributed by atoms with Crippen molar-refractivity contribution < 1.29 is 32.6 Å². The predicted octanol–water partition coefficient (Wildman–Crippen LogP) is 1.14. The van der Waals surface area contributed by atoms with Gasteiger partial charge in [0.25, 0.3) is 0 Å². The van der Waals surface area contributed by atoms with Crippen molar-refractivity contribution in [3.05, 3.63) is 0 Å². The minimum atomic E-state index is -4.20. The van der Waals surface area contributed by atoms with E-state index in [-0.39, 0.29) is 0 Å². The van der Waals surface area contributed by atoms with Gasteiger partial charge in [0.05, 0.1) is 0 Å². The Balaban J connectivity index is 3.75. The number of hydrogen-bond donors (Lipinski definition) is 1. The Labute approximate surface area is 56.9 Å². The highest BCUT2D eigenvalue weighted by molar-refractivity contribution is 7.96. The molecule has 0 aliphatic carbocycles. The number of carboxylic acid groups (broad SMARTS) is 1. The summed E-state index contributed by atoms with van der Waals surface area (Å²) < 4.78 is 36.9. The number of carboxylic acids is 1. The van der Waals surface area contributed by atoms with Crippen LogP contribution in [0.15, 0.2) is 0 Å². The van der Waals surface area contributed by atoms with Crippen LogP contribution in [-0.2, 0) is 14.2 Å². The number of alkyl halides is 2. The lowest BCUT2D eigenvalue weighted by molar-refractivity contribution is -0.360. The molecule has 0 radical (unpaired) electrons. The Kier molecular flexibility index (Phi) is 3.47. The van der Waals surface area contributed by atoms with E-state index in [1.54, 1.807) is 0 Å². The lowest BCUT2D eigenvalue weighted by Gasteiger charge is -2.04. The van der Waals surface area contributed by atoms with Crippen LogP contribution in [0.2, 0.25) is 0 Å². The van der Waals surface area contributed by atoms with E-state index in [4.69, 9.17) is 5.11 Å². The smallest absolute Gasteiger partial charge is 0.415 e. The fourth-order valence-electron chi connectivity index (χ4n) is 0.0912. The number of hydrogen-bond acceptors (Lipinski definition) is 4. The summed E-state index contributed by atoms with van der Waals surface area (Å²) in [6.07, 6.45) is 0. The summed E-state index contributed by atoms with van der Waals surface area (Å²) in [6.45, 7) is 0. The van der Waals surface area contributed by atoms with Crippen LogP contribution in [0.25, 0.3) is 0 Å². The van der Waals surface area contributed by atoms with Crippen LogP contribution >= 0.6 is 12.0 Å². The monoisotopic (exact) mass is 178 g/mol. The molecule has 0 rings (SSSR count). The second kappa shape index (κ2) is 3.64. The summed E-state index contributed by atoms with van der Waals surface area (Å²) in [7, 11) is 0. The van der Waals surface area contributed by atoms with E-state index in [0.29, 0.717) is 0 Å². The summed E-state index contributed by atoms with van der Waals surface area (Å²) in [6, 6.07) is 0. The van der Waals surface area contributed by atoms with Gasteiger partial charge < -0.3 is 5.11 Å². The van der Waals surface area contributed by atoms with E-state index in [1.807, 2.05) is 0 Å². The third kappa shape index (κ3) is 2.90. The van der Waals surface area contributed by atoms with Crippen LogP contribution in [0.1, 0.15) is 0 Å². The largest absolute Gasteiger partial charge is 0.476 e. The molecule has 0 atom stereocenters. The van der Waals surface area contributed by atoms with Gasteiger partial charge in [0.2, 0.25) is 0 Å². The molecule has 8 heteroatoms.